The Balaban J connectivity index is 1.84. The molecule has 1 aromatic heterocycles. The second-order valence-electron chi connectivity index (χ2n) is 6.99. The summed E-state index contributed by atoms with van der Waals surface area (Å²) in [5.41, 5.74) is 2.67. The quantitative estimate of drug-likeness (QED) is 0.804. The Morgan fingerprint density at radius 2 is 2.15 bits per heavy atom. The van der Waals surface area contributed by atoms with Crippen LogP contribution in [-0.4, -0.2) is 48.0 Å². The van der Waals surface area contributed by atoms with E-state index in [1.165, 1.54) is 13.5 Å². The SMILES string of the molecule is CC[C@H]1CCCCN1CC(=O)Nc1c(C(=O)OC)[nH]c2cc(C)ccc12. The number of esters is 1. The van der Waals surface area contributed by atoms with Crippen molar-refractivity contribution in [2.24, 2.45) is 0 Å². The molecule has 6 heteroatoms. The number of H-pyrrole nitrogens is 1. The van der Waals surface area contributed by atoms with Crippen molar-refractivity contribution in [1.29, 1.82) is 0 Å². The van der Waals surface area contributed by atoms with E-state index in [-0.39, 0.29) is 11.6 Å². The van der Waals surface area contributed by atoms with Crippen LogP contribution < -0.4 is 5.32 Å². The number of aryl methyl sites for hydroxylation is 1. The Morgan fingerprint density at radius 3 is 2.88 bits per heavy atom. The predicted octanol–water partition coefficient (Wildman–Crippen LogP) is 3.47. The van der Waals surface area contributed by atoms with E-state index in [2.05, 4.69) is 22.1 Å². The predicted molar refractivity (Wildman–Crippen MR) is 103 cm³/mol. The highest BCUT2D eigenvalue weighted by Crippen LogP contribution is 2.29. The number of piperidine rings is 1. The summed E-state index contributed by atoms with van der Waals surface area (Å²) in [5, 5.41) is 3.76. The van der Waals surface area contributed by atoms with Crippen molar-refractivity contribution in [3.05, 3.63) is 29.5 Å². The molecule has 26 heavy (non-hydrogen) atoms. The zero-order valence-electron chi connectivity index (χ0n) is 15.7. The highest BCUT2D eigenvalue weighted by molar-refractivity contribution is 6.11. The fourth-order valence-electron chi connectivity index (χ4n) is 3.79. The molecule has 1 atom stereocenters. The summed E-state index contributed by atoms with van der Waals surface area (Å²) >= 11 is 0. The number of carbonyl (C=O) groups is 2. The van der Waals surface area contributed by atoms with Gasteiger partial charge in [0, 0.05) is 16.9 Å². The summed E-state index contributed by atoms with van der Waals surface area (Å²) in [7, 11) is 1.34. The molecule has 1 amide bonds. The Bertz CT molecular complexity index is 812. The van der Waals surface area contributed by atoms with Crippen LogP contribution in [0.25, 0.3) is 10.9 Å². The largest absolute Gasteiger partial charge is 0.464 e. The molecule has 3 rings (SSSR count). The number of hydrogen-bond acceptors (Lipinski definition) is 4. The lowest BCUT2D eigenvalue weighted by molar-refractivity contribution is -0.118. The number of carbonyl (C=O) groups excluding carboxylic acids is 2. The molecule has 2 aromatic rings. The third kappa shape index (κ3) is 3.75. The van der Waals surface area contributed by atoms with Crippen LogP contribution in [0.1, 0.15) is 48.7 Å². The number of ether oxygens (including phenoxy) is 1. The van der Waals surface area contributed by atoms with Crippen molar-refractivity contribution in [1.82, 2.24) is 9.88 Å². The number of benzene rings is 1. The topological polar surface area (TPSA) is 74.4 Å². The van der Waals surface area contributed by atoms with E-state index < -0.39 is 5.97 Å². The van der Waals surface area contributed by atoms with Gasteiger partial charge in [-0.05, 0) is 44.4 Å². The van der Waals surface area contributed by atoms with Gasteiger partial charge in [-0.3, -0.25) is 9.69 Å². The third-order valence-electron chi connectivity index (χ3n) is 5.18. The van der Waals surface area contributed by atoms with Crippen LogP contribution in [0.2, 0.25) is 0 Å². The first-order chi connectivity index (χ1) is 12.5. The molecule has 1 aliphatic rings. The molecule has 1 aliphatic heterocycles. The normalized spacial score (nSPS) is 18.0. The molecule has 1 fully saturated rings. The number of hydrogen-bond donors (Lipinski definition) is 2. The zero-order chi connectivity index (χ0) is 18.7. The maximum atomic E-state index is 12.7. The van der Waals surface area contributed by atoms with Crippen LogP contribution in [0.5, 0.6) is 0 Å². The number of aromatic amines is 1. The number of nitrogens with zero attached hydrogens (tertiary/aromatic N) is 1. The number of nitrogens with one attached hydrogen (secondary N) is 2. The molecule has 1 saturated heterocycles. The van der Waals surface area contributed by atoms with Gasteiger partial charge in [0.05, 0.1) is 19.3 Å². The van der Waals surface area contributed by atoms with Crippen molar-refractivity contribution < 1.29 is 14.3 Å². The molecular weight excluding hydrogens is 330 g/mol. The number of likely N-dealkylation sites (tertiary alicyclic amines) is 1. The van der Waals surface area contributed by atoms with Crippen LogP contribution in [0, 0.1) is 6.92 Å². The Labute approximate surface area is 153 Å². The van der Waals surface area contributed by atoms with Gasteiger partial charge >= 0.3 is 5.97 Å². The highest BCUT2D eigenvalue weighted by Gasteiger charge is 2.25. The van der Waals surface area contributed by atoms with E-state index in [4.69, 9.17) is 4.74 Å². The fraction of sp³-hybridized carbons (Fsp3) is 0.500. The second kappa shape index (κ2) is 7.91. The average molecular weight is 357 g/mol. The van der Waals surface area contributed by atoms with Gasteiger partial charge in [-0.2, -0.15) is 0 Å². The lowest BCUT2D eigenvalue weighted by Gasteiger charge is -2.34. The number of anilines is 1. The smallest absolute Gasteiger partial charge is 0.356 e. The van der Waals surface area contributed by atoms with Crippen molar-refractivity contribution in [2.45, 2.75) is 45.6 Å². The van der Waals surface area contributed by atoms with Crippen LogP contribution in [0.3, 0.4) is 0 Å². The maximum Gasteiger partial charge on any atom is 0.356 e. The minimum absolute atomic E-state index is 0.100. The summed E-state index contributed by atoms with van der Waals surface area (Å²) in [4.78, 5) is 30.2. The summed E-state index contributed by atoms with van der Waals surface area (Å²) in [6.45, 7) is 5.44. The fourth-order valence-corrected chi connectivity index (χ4v) is 3.79. The Hall–Kier alpha value is -2.34. The van der Waals surface area contributed by atoms with E-state index in [1.54, 1.807) is 0 Å². The molecule has 140 valence electrons. The summed E-state index contributed by atoms with van der Waals surface area (Å²) in [5.74, 6) is -0.587. The van der Waals surface area contributed by atoms with Gasteiger partial charge in [-0.25, -0.2) is 4.79 Å². The first-order valence-corrected chi connectivity index (χ1v) is 9.28. The lowest BCUT2D eigenvalue weighted by Crippen LogP contribution is -2.43. The van der Waals surface area contributed by atoms with Crippen molar-refractivity contribution in [2.75, 3.05) is 25.5 Å². The van der Waals surface area contributed by atoms with Gasteiger partial charge < -0.3 is 15.0 Å². The Morgan fingerprint density at radius 1 is 1.35 bits per heavy atom. The third-order valence-corrected chi connectivity index (χ3v) is 5.18. The van der Waals surface area contributed by atoms with Gasteiger partial charge in [0.2, 0.25) is 5.91 Å². The van der Waals surface area contributed by atoms with Crippen LogP contribution >= 0.6 is 0 Å². The number of rotatable bonds is 5. The van der Waals surface area contributed by atoms with Crippen molar-refractivity contribution in [3.8, 4) is 0 Å². The number of fused-ring (bicyclic) bond motifs is 1. The second-order valence-corrected chi connectivity index (χ2v) is 6.99. The maximum absolute atomic E-state index is 12.7. The summed E-state index contributed by atoms with van der Waals surface area (Å²) in [6.07, 6.45) is 4.55. The number of methoxy groups -OCH3 is 1. The molecule has 1 aromatic carbocycles. The molecule has 0 unspecified atom stereocenters. The van der Waals surface area contributed by atoms with E-state index in [9.17, 15) is 9.59 Å². The van der Waals surface area contributed by atoms with Crippen LogP contribution in [0.15, 0.2) is 18.2 Å². The van der Waals surface area contributed by atoms with Crippen molar-refractivity contribution in [3.63, 3.8) is 0 Å². The molecule has 0 radical (unpaired) electrons. The van der Waals surface area contributed by atoms with Crippen LogP contribution in [-0.2, 0) is 9.53 Å². The van der Waals surface area contributed by atoms with E-state index >= 15 is 0 Å². The molecule has 2 N–H and O–H groups in total. The van der Waals surface area contributed by atoms with E-state index in [0.717, 1.165) is 42.3 Å². The summed E-state index contributed by atoms with van der Waals surface area (Å²) < 4.78 is 4.87. The van der Waals surface area contributed by atoms with E-state index in [1.807, 2.05) is 25.1 Å². The average Bonchev–Trinajstić information content (AvgIpc) is 2.98. The number of aromatic nitrogens is 1. The van der Waals surface area contributed by atoms with Crippen molar-refractivity contribution >= 4 is 28.5 Å². The highest BCUT2D eigenvalue weighted by atomic mass is 16.5. The molecule has 0 bridgehead atoms. The Kier molecular flexibility index (Phi) is 5.61. The standard InChI is InChI=1S/C20H27N3O3/c1-4-14-7-5-6-10-23(14)12-17(24)22-18-15-9-8-13(2)11-16(15)21-19(18)20(25)26-3/h8-9,11,14,21H,4-7,10,12H2,1-3H3,(H,22,24)/t14-/m0/s1. The molecule has 0 saturated carbocycles. The summed E-state index contributed by atoms with van der Waals surface area (Å²) in [6, 6.07) is 6.29. The van der Waals surface area contributed by atoms with Crippen LogP contribution in [0.4, 0.5) is 5.69 Å². The molecule has 6 nitrogen and oxygen atoms in total. The minimum atomic E-state index is -0.487. The minimum Gasteiger partial charge on any atom is -0.464 e. The zero-order valence-corrected chi connectivity index (χ0v) is 15.7. The molecule has 0 spiro atoms. The van der Waals surface area contributed by atoms with Gasteiger partial charge in [-0.15, -0.1) is 0 Å². The molecule has 0 aliphatic carbocycles. The van der Waals surface area contributed by atoms with Gasteiger partial charge in [0.15, 0.2) is 0 Å². The number of amides is 1. The van der Waals surface area contributed by atoms with Gasteiger partial charge in [0.25, 0.3) is 0 Å². The monoisotopic (exact) mass is 357 g/mol. The first-order valence-electron chi connectivity index (χ1n) is 9.28. The van der Waals surface area contributed by atoms with E-state index in [0.29, 0.717) is 18.3 Å². The van der Waals surface area contributed by atoms with Gasteiger partial charge in [-0.1, -0.05) is 25.5 Å². The molecular formula is C20H27N3O3. The van der Waals surface area contributed by atoms with Gasteiger partial charge in [0.1, 0.15) is 5.69 Å². The lowest BCUT2D eigenvalue weighted by atomic mass is 10.00. The first kappa shape index (κ1) is 18.5. The molecule has 2 heterocycles.